The smallest absolute Gasteiger partial charge is 0.206 e. The van der Waals surface area contributed by atoms with Crippen LogP contribution in [0.5, 0.6) is 0 Å². The largest absolute Gasteiger partial charge is 0.349 e. The lowest BCUT2D eigenvalue weighted by atomic mass is 10.1. The van der Waals surface area contributed by atoms with E-state index in [-0.39, 0.29) is 0 Å². The van der Waals surface area contributed by atoms with Gasteiger partial charge in [-0.05, 0) is 30.4 Å². The summed E-state index contributed by atoms with van der Waals surface area (Å²) in [6.45, 7) is 2.98. The quantitative estimate of drug-likeness (QED) is 0.250. The van der Waals surface area contributed by atoms with Gasteiger partial charge in [-0.3, -0.25) is 10.4 Å². The topological polar surface area (TPSA) is 62.4 Å². The Morgan fingerprint density at radius 3 is 3.06 bits per heavy atom. The van der Waals surface area contributed by atoms with Gasteiger partial charge in [0.25, 0.3) is 0 Å². The second-order valence-electron chi connectivity index (χ2n) is 4.66. The zero-order valence-corrected chi connectivity index (χ0v) is 10.9. The molecule has 0 aromatic heterocycles. The standard InChI is InChI=1S/C14H22N4/c1-2-3-10-16-14(18-15)17-13-9-8-11-6-4-5-7-12(11)13/h4-7,13H,2-3,8-10,15H2,1H3,(H2,16,17,18). The molecule has 0 saturated heterocycles. The van der Waals surface area contributed by atoms with Crippen LogP contribution in [0.3, 0.4) is 0 Å². The number of rotatable bonds is 4. The molecule has 0 spiro atoms. The third-order valence-electron chi connectivity index (χ3n) is 3.36. The summed E-state index contributed by atoms with van der Waals surface area (Å²) in [4.78, 5) is 4.44. The predicted molar refractivity (Wildman–Crippen MR) is 75.2 cm³/mol. The summed E-state index contributed by atoms with van der Waals surface area (Å²) in [5, 5.41) is 3.39. The summed E-state index contributed by atoms with van der Waals surface area (Å²) >= 11 is 0. The fourth-order valence-corrected chi connectivity index (χ4v) is 2.35. The number of nitrogens with one attached hydrogen (secondary N) is 2. The van der Waals surface area contributed by atoms with Crippen molar-refractivity contribution in [3.05, 3.63) is 35.4 Å². The molecule has 4 nitrogen and oxygen atoms in total. The van der Waals surface area contributed by atoms with Gasteiger partial charge in [-0.1, -0.05) is 37.6 Å². The minimum atomic E-state index is 0.331. The Morgan fingerprint density at radius 1 is 1.44 bits per heavy atom. The van der Waals surface area contributed by atoms with Crippen molar-refractivity contribution in [3.8, 4) is 0 Å². The van der Waals surface area contributed by atoms with Crippen molar-refractivity contribution in [3.63, 3.8) is 0 Å². The van der Waals surface area contributed by atoms with E-state index in [4.69, 9.17) is 5.84 Å². The summed E-state index contributed by atoms with van der Waals surface area (Å²) in [6.07, 6.45) is 4.47. The number of hydrazine groups is 1. The third kappa shape index (κ3) is 3.01. The molecule has 0 heterocycles. The van der Waals surface area contributed by atoms with E-state index in [1.54, 1.807) is 0 Å². The van der Waals surface area contributed by atoms with Crippen LogP contribution in [0, 0.1) is 0 Å². The molecule has 98 valence electrons. The van der Waals surface area contributed by atoms with Crippen molar-refractivity contribution in [2.24, 2.45) is 10.8 Å². The van der Waals surface area contributed by atoms with E-state index >= 15 is 0 Å². The molecule has 18 heavy (non-hydrogen) atoms. The molecule has 1 aromatic rings. The second kappa shape index (κ2) is 6.40. The van der Waals surface area contributed by atoms with Gasteiger partial charge < -0.3 is 5.32 Å². The Bertz CT molecular complexity index is 414. The number of aliphatic imine (C=N–C) groups is 1. The van der Waals surface area contributed by atoms with Crippen molar-refractivity contribution >= 4 is 5.96 Å². The molecule has 1 atom stereocenters. The number of aryl methyl sites for hydroxylation is 1. The summed E-state index contributed by atoms with van der Waals surface area (Å²) in [6, 6.07) is 8.89. The monoisotopic (exact) mass is 246 g/mol. The van der Waals surface area contributed by atoms with Crippen LogP contribution >= 0.6 is 0 Å². The van der Waals surface area contributed by atoms with E-state index in [1.807, 2.05) is 0 Å². The van der Waals surface area contributed by atoms with E-state index < -0.39 is 0 Å². The summed E-state index contributed by atoms with van der Waals surface area (Å²) in [7, 11) is 0. The molecule has 0 radical (unpaired) electrons. The molecule has 0 bridgehead atoms. The molecule has 4 N–H and O–H groups in total. The molecule has 0 fully saturated rings. The van der Waals surface area contributed by atoms with Crippen LogP contribution < -0.4 is 16.6 Å². The molecule has 0 amide bonds. The number of nitrogens with two attached hydrogens (primary N) is 1. The second-order valence-corrected chi connectivity index (χ2v) is 4.66. The van der Waals surface area contributed by atoms with Gasteiger partial charge in [-0.25, -0.2) is 5.84 Å². The van der Waals surface area contributed by atoms with E-state index in [9.17, 15) is 0 Å². The number of hydrogen-bond donors (Lipinski definition) is 3. The highest BCUT2D eigenvalue weighted by molar-refractivity contribution is 5.79. The first-order valence-electron chi connectivity index (χ1n) is 6.70. The van der Waals surface area contributed by atoms with Gasteiger partial charge in [0.15, 0.2) is 0 Å². The van der Waals surface area contributed by atoms with E-state index in [1.165, 1.54) is 11.1 Å². The van der Waals surface area contributed by atoms with Crippen molar-refractivity contribution in [1.82, 2.24) is 10.7 Å². The lowest BCUT2D eigenvalue weighted by molar-refractivity contribution is 0.621. The predicted octanol–water partition coefficient (Wildman–Crippen LogP) is 1.88. The number of hydrogen-bond acceptors (Lipinski definition) is 2. The molecule has 2 rings (SSSR count). The molecule has 1 aliphatic carbocycles. The molecule has 4 heteroatoms. The molecule has 1 aromatic carbocycles. The Labute approximate surface area is 109 Å². The normalized spacial score (nSPS) is 18.6. The first-order valence-corrected chi connectivity index (χ1v) is 6.70. The zero-order valence-electron chi connectivity index (χ0n) is 10.9. The van der Waals surface area contributed by atoms with Gasteiger partial charge in [0, 0.05) is 6.54 Å². The van der Waals surface area contributed by atoms with Crippen LogP contribution in [0.15, 0.2) is 29.3 Å². The number of guanidine groups is 1. The van der Waals surface area contributed by atoms with Crippen molar-refractivity contribution < 1.29 is 0 Å². The zero-order chi connectivity index (χ0) is 12.8. The van der Waals surface area contributed by atoms with E-state index in [0.29, 0.717) is 12.0 Å². The Hall–Kier alpha value is -1.55. The van der Waals surface area contributed by atoms with Crippen LogP contribution in [0.2, 0.25) is 0 Å². The number of nitrogens with zero attached hydrogens (tertiary/aromatic N) is 1. The van der Waals surface area contributed by atoms with Gasteiger partial charge >= 0.3 is 0 Å². The lowest BCUT2D eigenvalue weighted by Gasteiger charge is -2.16. The molecule has 0 aliphatic heterocycles. The van der Waals surface area contributed by atoms with Crippen molar-refractivity contribution in [1.29, 1.82) is 0 Å². The fraction of sp³-hybridized carbons (Fsp3) is 0.500. The number of unbranched alkanes of at least 4 members (excludes halogenated alkanes) is 1. The summed E-state index contributed by atoms with van der Waals surface area (Å²) in [5.41, 5.74) is 5.46. The van der Waals surface area contributed by atoms with Gasteiger partial charge in [0.2, 0.25) is 5.96 Å². The van der Waals surface area contributed by atoms with Crippen LogP contribution in [-0.4, -0.2) is 12.5 Å². The molecular weight excluding hydrogens is 224 g/mol. The first-order chi connectivity index (χ1) is 8.85. The van der Waals surface area contributed by atoms with E-state index in [2.05, 4.69) is 46.9 Å². The van der Waals surface area contributed by atoms with Crippen LogP contribution in [0.25, 0.3) is 0 Å². The molecular formula is C14H22N4. The summed E-state index contributed by atoms with van der Waals surface area (Å²) < 4.78 is 0. The minimum Gasteiger partial charge on any atom is -0.349 e. The van der Waals surface area contributed by atoms with Crippen molar-refractivity contribution in [2.75, 3.05) is 6.54 Å². The molecule has 1 aliphatic rings. The maximum absolute atomic E-state index is 5.51. The Balaban J connectivity index is 1.99. The van der Waals surface area contributed by atoms with E-state index in [0.717, 1.165) is 32.2 Å². The maximum atomic E-state index is 5.51. The van der Waals surface area contributed by atoms with Gasteiger partial charge in [0.05, 0.1) is 6.04 Å². The highest BCUT2D eigenvalue weighted by Gasteiger charge is 2.22. The lowest BCUT2D eigenvalue weighted by Crippen LogP contribution is -2.43. The fourth-order valence-electron chi connectivity index (χ4n) is 2.35. The molecule has 1 unspecified atom stereocenters. The number of benzene rings is 1. The van der Waals surface area contributed by atoms with Gasteiger partial charge in [-0.2, -0.15) is 0 Å². The van der Waals surface area contributed by atoms with Crippen molar-refractivity contribution in [2.45, 2.75) is 38.6 Å². The highest BCUT2D eigenvalue weighted by Crippen LogP contribution is 2.30. The first kappa shape index (κ1) is 12.9. The average molecular weight is 246 g/mol. The average Bonchev–Trinajstić information content (AvgIpc) is 2.81. The SMILES string of the molecule is CCCCN=C(NN)NC1CCc2ccccc21. The highest BCUT2D eigenvalue weighted by atomic mass is 15.3. The molecule has 0 saturated carbocycles. The van der Waals surface area contributed by atoms with Crippen LogP contribution in [0.1, 0.15) is 43.4 Å². The number of fused-ring (bicyclic) bond motifs is 1. The van der Waals surface area contributed by atoms with Crippen LogP contribution in [0.4, 0.5) is 0 Å². The van der Waals surface area contributed by atoms with Gasteiger partial charge in [-0.15, -0.1) is 0 Å². The maximum Gasteiger partial charge on any atom is 0.206 e. The third-order valence-corrected chi connectivity index (χ3v) is 3.36. The Kier molecular flexibility index (Phi) is 4.59. The minimum absolute atomic E-state index is 0.331. The Morgan fingerprint density at radius 2 is 2.28 bits per heavy atom. The summed E-state index contributed by atoms with van der Waals surface area (Å²) in [5.74, 6) is 6.21. The van der Waals surface area contributed by atoms with Crippen LogP contribution in [-0.2, 0) is 6.42 Å². The van der Waals surface area contributed by atoms with Gasteiger partial charge in [0.1, 0.15) is 0 Å².